The summed E-state index contributed by atoms with van der Waals surface area (Å²) in [6, 6.07) is 9.48. The summed E-state index contributed by atoms with van der Waals surface area (Å²) in [6.45, 7) is 1.23. The Labute approximate surface area is 126 Å². The molecular weight excluding hydrogens is 284 g/mol. The van der Waals surface area contributed by atoms with Crippen molar-refractivity contribution >= 4 is 17.5 Å². The maximum absolute atomic E-state index is 12.7. The van der Waals surface area contributed by atoms with E-state index in [9.17, 15) is 14.4 Å². The molecular formula is C17H12O5. The largest absolute Gasteiger partial charge is 0.497 e. The van der Waals surface area contributed by atoms with Crippen LogP contribution in [0, 0.1) is 0 Å². The molecule has 3 rings (SSSR count). The number of hydrogen-bond acceptors (Lipinski definition) is 5. The van der Waals surface area contributed by atoms with Crippen molar-refractivity contribution in [3.05, 3.63) is 58.7 Å². The first-order valence-corrected chi connectivity index (χ1v) is 6.62. The predicted octanol–water partition coefficient (Wildman–Crippen LogP) is 2.40. The third-order valence-electron chi connectivity index (χ3n) is 3.45. The molecule has 22 heavy (non-hydrogen) atoms. The van der Waals surface area contributed by atoms with Gasteiger partial charge >= 0.3 is 5.97 Å². The van der Waals surface area contributed by atoms with Gasteiger partial charge in [-0.3, -0.25) is 14.4 Å². The molecule has 0 aromatic heterocycles. The van der Waals surface area contributed by atoms with E-state index in [4.69, 9.17) is 9.47 Å². The Morgan fingerprint density at radius 1 is 0.955 bits per heavy atom. The van der Waals surface area contributed by atoms with Crippen LogP contribution in [0.1, 0.15) is 38.8 Å². The lowest BCUT2D eigenvalue weighted by molar-refractivity contribution is -0.131. The first kappa shape index (κ1) is 14.0. The number of esters is 1. The molecule has 0 fully saturated rings. The van der Waals surface area contributed by atoms with Gasteiger partial charge in [-0.25, -0.2) is 0 Å². The minimum atomic E-state index is -0.574. The van der Waals surface area contributed by atoms with Crippen molar-refractivity contribution in [2.75, 3.05) is 7.11 Å². The van der Waals surface area contributed by atoms with Crippen LogP contribution >= 0.6 is 0 Å². The van der Waals surface area contributed by atoms with Gasteiger partial charge in [0.25, 0.3) is 0 Å². The van der Waals surface area contributed by atoms with Gasteiger partial charge in [0.1, 0.15) is 11.5 Å². The predicted molar refractivity (Wildman–Crippen MR) is 77.6 cm³/mol. The lowest BCUT2D eigenvalue weighted by Gasteiger charge is -2.20. The van der Waals surface area contributed by atoms with Gasteiger partial charge in [-0.1, -0.05) is 24.3 Å². The van der Waals surface area contributed by atoms with Gasteiger partial charge in [0.2, 0.25) is 0 Å². The summed E-state index contributed by atoms with van der Waals surface area (Å²) in [5, 5.41) is 0. The van der Waals surface area contributed by atoms with E-state index in [1.807, 2.05) is 0 Å². The lowest BCUT2D eigenvalue weighted by atomic mass is 9.83. The van der Waals surface area contributed by atoms with Crippen molar-refractivity contribution in [3.63, 3.8) is 0 Å². The molecule has 0 aliphatic heterocycles. The second-order valence-electron chi connectivity index (χ2n) is 4.85. The molecule has 0 bridgehead atoms. The van der Waals surface area contributed by atoms with Crippen LogP contribution in [0.3, 0.4) is 0 Å². The molecule has 0 spiro atoms. The van der Waals surface area contributed by atoms with Crippen molar-refractivity contribution in [3.8, 4) is 11.5 Å². The summed E-state index contributed by atoms with van der Waals surface area (Å²) >= 11 is 0. The smallest absolute Gasteiger partial charge is 0.308 e. The van der Waals surface area contributed by atoms with Crippen molar-refractivity contribution < 1.29 is 23.9 Å². The Hall–Kier alpha value is -2.95. The molecule has 1 aliphatic rings. The highest BCUT2D eigenvalue weighted by atomic mass is 16.5. The molecule has 0 N–H and O–H groups in total. The Morgan fingerprint density at radius 2 is 1.59 bits per heavy atom. The van der Waals surface area contributed by atoms with E-state index in [0.29, 0.717) is 16.9 Å². The first-order chi connectivity index (χ1) is 10.5. The molecule has 5 nitrogen and oxygen atoms in total. The molecule has 0 unspecified atom stereocenters. The van der Waals surface area contributed by atoms with Crippen LogP contribution in [0.15, 0.2) is 36.4 Å². The molecule has 0 amide bonds. The lowest BCUT2D eigenvalue weighted by Crippen LogP contribution is -2.22. The molecule has 5 heteroatoms. The topological polar surface area (TPSA) is 69.7 Å². The van der Waals surface area contributed by atoms with Crippen LogP contribution in [0.4, 0.5) is 0 Å². The van der Waals surface area contributed by atoms with Gasteiger partial charge in [-0.05, 0) is 6.07 Å². The van der Waals surface area contributed by atoms with Crippen molar-refractivity contribution in [1.82, 2.24) is 0 Å². The molecule has 0 atom stereocenters. The van der Waals surface area contributed by atoms with Crippen LogP contribution in [0.2, 0.25) is 0 Å². The maximum atomic E-state index is 12.7. The second-order valence-corrected chi connectivity index (χ2v) is 4.85. The Bertz CT molecular complexity index is 820. The average Bonchev–Trinajstić information content (AvgIpc) is 2.51. The van der Waals surface area contributed by atoms with E-state index in [1.165, 1.54) is 26.2 Å². The van der Waals surface area contributed by atoms with E-state index >= 15 is 0 Å². The van der Waals surface area contributed by atoms with E-state index < -0.39 is 5.97 Å². The zero-order valence-corrected chi connectivity index (χ0v) is 12.0. The van der Waals surface area contributed by atoms with Crippen LogP contribution < -0.4 is 9.47 Å². The number of carbonyl (C=O) groups excluding carboxylic acids is 3. The summed E-state index contributed by atoms with van der Waals surface area (Å²) in [4.78, 5) is 36.6. The fraction of sp³-hybridized carbons (Fsp3) is 0.118. The average molecular weight is 296 g/mol. The Morgan fingerprint density at radius 3 is 2.18 bits per heavy atom. The van der Waals surface area contributed by atoms with Gasteiger partial charge in [0.15, 0.2) is 11.6 Å². The number of benzene rings is 2. The third-order valence-corrected chi connectivity index (χ3v) is 3.45. The first-order valence-electron chi connectivity index (χ1n) is 6.62. The van der Waals surface area contributed by atoms with Gasteiger partial charge in [-0.2, -0.15) is 0 Å². The van der Waals surface area contributed by atoms with E-state index in [1.54, 1.807) is 24.3 Å². The second kappa shape index (κ2) is 5.11. The summed E-state index contributed by atoms with van der Waals surface area (Å²) in [6.07, 6.45) is 0. The normalized spacial score (nSPS) is 12.5. The standard InChI is InChI=1S/C17H12O5/c1-9(18)22-14-8-10(21-2)7-13-15(14)17(20)12-6-4-3-5-11(12)16(13)19/h3-8H,1-2H3. The molecule has 2 aromatic carbocycles. The van der Waals surface area contributed by atoms with Crippen LogP contribution in [0.5, 0.6) is 11.5 Å². The third kappa shape index (κ3) is 2.07. The minimum Gasteiger partial charge on any atom is -0.497 e. The monoisotopic (exact) mass is 296 g/mol. The number of hydrogen-bond donors (Lipinski definition) is 0. The quantitative estimate of drug-likeness (QED) is 0.536. The summed E-state index contributed by atoms with van der Waals surface area (Å²) in [5.41, 5.74) is 0.916. The SMILES string of the molecule is COc1cc(OC(C)=O)c2c(c1)C(=O)c1ccccc1C2=O. The Kier molecular flexibility index (Phi) is 3.25. The van der Waals surface area contributed by atoms with Crippen molar-refractivity contribution in [1.29, 1.82) is 0 Å². The molecule has 0 saturated heterocycles. The Balaban J connectivity index is 2.29. The van der Waals surface area contributed by atoms with E-state index in [0.717, 1.165) is 0 Å². The molecule has 110 valence electrons. The summed E-state index contributed by atoms with van der Waals surface area (Å²) in [7, 11) is 1.43. The molecule has 1 aliphatic carbocycles. The molecule has 2 aromatic rings. The maximum Gasteiger partial charge on any atom is 0.308 e. The van der Waals surface area contributed by atoms with Crippen LogP contribution in [-0.4, -0.2) is 24.6 Å². The van der Waals surface area contributed by atoms with Crippen molar-refractivity contribution in [2.45, 2.75) is 6.92 Å². The fourth-order valence-electron chi connectivity index (χ4n) is 2.52. The fourth-order valence-corrected chi connectivity index (χ4v) is 2.52. The molecule has 0 heterocycles. The van der Waals surface area contributed by atoms with Crippen LogP contribution in [0.25, 0.3) is 0 Å². The van der Waals surface area contributed by atoms with Gasteiger partial charge in [0, 0.05) is 29.7 Å². The van der Waals surface area contributed by atoms with E-state index in [-0.39, 0.29) is 28.4 Å². The highest BCUT2D eigenvalue weighted by molar-refractivity contribution is 6.29. The highest BCUT2D eigenvalue weighted by Crippen LogP contribution is 2.36. The number of rotatable bonds is 2. The highest BCUT2D eigenvalue weighted by Gasteiger charge is 2.33. The summed E-state index contributed by atoms with van der Waals surface area (Å²) < 4.78 is 10.2. The molecule has 0 radical (unpaired) electrons. The van der Waals surface area contributed by atoms with Gasteiger partial charge in [0.05, 0.1) is 12.7 Å². The number of ether oxygens (including phenoxy) is 2. The van der Waals surface area contributed by atoms with Gasteiger partial charge < -0.3 is 9.47 Å². The number of carbonyl (C=O) groups is 3. The van der Waals surface area contributed by atoms with Crippen molar-refractivity contribution in [2.24, 2.45) is 0 Å². The van der Waals surface area contributed by atoms with Gasteiger partial charge in [-0.15, -0.1) is 0 Å². The zero-order chi connectivity index (χ0) is 15.9. The summed E-state index contributed by atoms with van der Waals surface area (Å²) in [5.74, 6) is -0.832. The minimum absolute atomic E-state index is 0.0368. The number of methoxy groups -OCH3 is 1. The van der Waals surface area contributed by atoms with E-state index in [2.05, 4.69) is 0 Å². The zero-order valence-electron chi connectivity index (χ0n) is 12.0. The molecule has 0 saturated carbocycles. The number of ketones is 2. The number of fused-ring (bicyclic) bond motifs is 2. The van der Waals surface area contributed by atoms with Crippen LogP contribution in [-0.2, 0) is 4.79 Å².